The van der Waals surface area contributed by atoms with Crippen molar-refractivity contribution in [3.8, 4) is 5.75 Å². The van der Waals surface area contributed by atoms with Crippen LogP contribution in [0.25, 0.3) is 10.9 Å². The number of carbonyl (C=O) groups is 1. The molecule has 1 amide bonds. The number of aliphatic hydroxyl groups is 1. The normalized spacial score (nSPS) is 20.8. The van der Waals surface area contributed by atoms with Crippen molar-refractivity contribution in [2.45, 2.75) is 50.1 Å². The molecule has 3 heterocycles. The zero-order chi connectivity index (χ0) is 24.9. The maximum atomic E-state index is 14.8. The van der Waals surface area contributed by atoms with E-state index in [1.165, 1.54) is 17.0 Å². The lowest BCUT2D eigenvalue weighted by molar-refractivity contribution is -0.140. The van der Waals surface area contributed by atoms with E-state index < -0.39 is 6.04 Å². The van der Waals surface area contributed by atoms with Crippen molar-refractivity contribution >= 4 is 16.8 Å². The molecule has 6 rings (SSSR count). The number of ether oxygens (including phenoxy) is 1. The van der Waals surface area contributed by atoms with Gasteiger partial charge in [0, 0.05) is 65.7 Å². The second kappa shape index (κ2) is 9.20. The maximum Gasteiger partial charge on any atom is 0.225 e. The van der Waals surface area contributed by atoms with Crippen molar-refractivity contribution in [2.24, 2.45) is 5.92 Å². The Labute approximate surface area is 211 Å². The second-order valence-corrected chi connectivity index (χ2v) is 10.7. The Kier molecular flexibility index (Phi) is 6.00. The fraction of sp³-hybridized carbons (Fsp3) is 0.483. The van der Waals surface area contributed by atoms with Crippen molar-refractivity contribution in [2.75, 3.05) is 33.4 Å². The summed E-state index contributed by atoms with van der Waals surface area (Å²) < 4.78 is 20.3. The average molecular weight is 492 g/mol. The predicted octanol–water partition coefficient (Wildman–Crippen LogP) is 4.53. The van der Waals surface area contributed by atoms with Crippen molar-refractivity contribution in [1.82, 2.24) is 14.8 Å². The minimum Gasteiger partial charge on any atom is -0.497 e. The summed E-state index contributed by atoms with van der Waals surface area (Å²) in [6, 6.07) is 12.5. The number of carbonyl (C=O) groups excluding carboxylic acids is 1. The van der Waals surface area contributed by atoms with Crippen molar-refractivity contribution in [1.29, 1.82) is 0 Å². The molecule has 2 fully saturated rings. The highest BCUT2D eigenvalue weighted by atomic mass is 19.1. The SMILES string of the molecule is COc1ccc2c3c([nH]c2c1)CN([C@H](CO)c1ccccc1F)CC31CCN(C(=O)C2CCC2)CC1. The topological polar surface area (TPSA) is 68.8 Å². The average Bonchev–Trinajstić information content (AvgIpc) is 3.23. The van der Waals surface area contributed by atoms with Gasteiger partial charge < -0.3 is 19.7 Å². The Balaban J connectivity index is 1.39. The number of likely N-dealkylation sites (tertiary alicyclic amines) is 1. The fourth-order valence-corrected chi connectivity index (χ4v) is 6.66. The summed E-state index contributed by atoms with van der Waals surface area (Å²) in [7, 11) is 1.67. The number of fused-ring (bicyclic) bond motifs is 4. The zero-order valence-corrected chi connectivity index (χ0v) is 20.8. The van der Waals surface area contributed by atoms with Gasteiger partial charge in [-0.05, 0) is 49.4 Å². The van der Waals surface area contributed by atoms with E-state index in [2.05, 4.69) is 20.9 Å². The molecule has 1 aliphatic carbocycles. The summed E-state index contributed by atoms with van der Waals surface area (Å²) in [5, 5.41) is 11.6. The molecule has 190 valence electrons. The highest BCUT2D eigenvalue weighted by Gasteiger charge is 2.47. The monoisotopic (exact) mass is 491 g/mol. The molecule has 36 heavy (non-hydrogen) atoms. The van der Waals surface area contributed by atoms with Crippen LogP contribution in [0, 0.1) is 11.7 Å². The van der Waals surface area contributed by atoms with Gasteiger partial charge in [0.25, 0.3) is 0 Å². The number of aliphatic hydroxyl groups excluding tert-OH is 1. The molecule has 2 aliphatic heterocycles. The lowest BCUT2D eigenvalue weighted by Crippen LogP contribution is -2.54. The molecule has 0 unspecified atom stereocenters. The molecule has 3 aromatic rings. The molecule has 7 heteroatoms. The Morgan fingerprint density at radius 1 is 1.22 bits per heavy atom. The number of H-pyrrole nitrogens is 1. The van der Waals surface area contributed by atoms with E-state index in [1.54, 1.807) is 19.2 Å². The molecule has 3 aliphatic rings. The van der Waals surface area contributed by atoms with E-state index in [0.29, 0.717) is 24.6 Å². The first-order valence-corrected chi connectivity index (χ1v) is 13.1. The molecule has 6 nitrogen and oxygen atoms in total. The first kappa shape index (κ1) is 23.5. The summed E-state index contributed by atoms with van der Waals surface area (Å²) in [6.45, 7) is 2.61. The van der Waals surface area contributed by atoms with E-state index >= 15 is 0 Å². The van der Waals surface area contributed by atoms with Gasteiger partial charge in [-0.3, -0.25) is 9.69 Å². The molecule has 1 saturated heterocycles. The molecular weight excluding hydrogens is 457 g/mol. The number of rotatable bonds is 5. The number of nitrogens with one attached hydrogen (secondary N) is 1. The number of hydrogen-bond donors (Lipinski definition) is 2. The van der Waals surface area contributed by atoms with Gasteiger partial charge in [-0.15, -0.1) is 0 Å². The Hall–Kier alpha value is -2.90. The Morgan fingerprint density at radius 2 is 2.00 bits per heavy atom. The van der Waals surface area contributed by atoms with Gasteiger partial charge in [-0.25, -0.2) is 4.39 Å². The molecular formula is C29H34FN3O3. The van der Waals surface area contributed by atoms with Crippen LogP contribution in [-0.2, 0) is 16.8 Å². The number of piperidine rings is 1. The summed E-state index contributed by atoms with van der Waals surface area (Å²) in [5.41, 5.74) is 3.79. The standard InChI is InChI=1S/C29H34FN3O3/c1-36-20-9-10-22-24(15-20)31-25-16-33(26(17-34)21-7-2-3-8-23(21)30)18-29(27(22)25)11-13-32(14-12-29)28(35)19-5-4-6-19/h2-3,7-10,15,19,26,31,34H,4-6,11-14,16-18H2,1H3/t26-/m1/s1. The van der Waals surface area contributed by atoms with Crippen LogP contribution < -0.4 is 4.74 Å². The molecule has 1 saturated carbocycles. The molecule has 0 bridgehead atoms. The number of hydrogen-bond acceptors (Lipinski definition) is 4. The van der Waals surface area contributed by atoms with Crippen LogP contribution in [0.2, 0.25) is 0 Å². The van der Waals surface area contributed by atoms with Crippen LogP contribution in [0.1, 0.15) is 55.0 Å². The van der Waals surface area contributed by atoms with Crippen molar-refractivity contribution in [3.63, 3.8) is 0 Å². The van der Waals surface area contributed by atoms with E-state index in [-0.39, 0.29) is 23.8 Å². The smallest absolute Gasteiger partial charge is 0.225 e. The molecule has 1 spiro atoms. The summed E-state index contributed by atoms with van der Waals surface area (Å²) >= 11 is 0. The van der Waals surface area contributed by atoms with Gasteiger partial charge in [-0.2, -0.15) is 0 Å². The van der Waals surface area contributed by atoms with Crippen LogP contribution in [-0.4, -0.2) is 59.1 Å². The molecule has 1 aromatic heterocycles. The minimum atomic E-state index is -0.438. The first-order valence-electron chi connectivity index (χ1n) is 13.1. The predicted molar refractivity (Wildman–Crippen MR) is 136 cm³/mol. The third-order valence-corrected chi connectivity index (χ3v) is 8.85. The van der Waals surface area contributed by atoms with E-state index in [0.717, 1.165) is 62.2 Å². The largest absolute Gasteiger partial charge is 0.497 e. The molecule has 2 aromatic carbocycles. The van der Waals surface area contributed by atoms with Gasteiger partial charge >= 0.3 is 0 Å². The summed E-state index contributed by atoms with van der Waals surface area (Å²) in [4.78, 5) is 20.9. The Bertz CT molecular complexity index is 1280. The van der Waals surface area contributed by atoms with Gasteiger partial charge in [0.1, 0.15) is 11.6 Å². The van der Waals surface area contributed by atoms with Gasteiger partial charge in [0.2, 0.25) is 5.91 Å². The zero-order valence-electron chi connectivity index (χ0n) is 20.8. The van der Waals surface area contributed by atoms with E-state index in [9.17, 15) is 14.3 Å². The number of nitrogens with zero attached hydrogens (tertiary/aromatic N) is 2. The minimum absolute atomic E-state index is 0.160. The summed E-state index contributed by atoms with van der Waals surface area (Å²) in [6.07, 6.45) is 4.89. The number of aromatic amines is 1. The van der Waals surface area contributed by atoms with E-state index in [4.69, 9.17) is 4.74 Å². The summed E-state index contributed by atoms with van der Waals surface area (Å²) in [5.74, 6) is 1.02. The number of halogens is 1. The quantitative estimate of drug-likeness (QED) is 0.551. The number of aromatic nitrogens is 1. The molecule has 2 N–H and O–H groups in total. The molecule has 1 atom stereocenters. The van der Waals surface area contributed by atoms with Crippen molar-refractivity contribution < 1.29 is 19.0 Å². The lowest BCUT2D eigenvalue weighted by atomic mass is 9.68. The number of amides is 1. The van der Waals surface area contributed by atoms with Crippen LogP contribution >= 0.6 is 0 Å². The van der Waals surface area contributed by atoms with Gasteiger partial charge in [0.15, 0.2) is 0 Å². The maximum absolute atomic E-state index is 14.8. The van der Waals surface area contributed by atoms with Gasteiger partial charge in [-0.1, -0.05) is 24.6 Å². The highest BCUT2D eigenvalue weighted by Crippen LogP contribution is 2.48. The van der Waals surface area contributed by atoms with Crippen molar-refractivity contribution in [3.05, 3.63) is 65.1 Å². The first-order chi connectivity index (χ1) is 17.5. The van der Waals surface area contributed by atoms with Crippen LogP contribution in [0.15, 0.2) is 42.5 Å². The third kappa shape index (κ3) is 3.80. The van der Waals surface area contributed by atoms with Gasteiger partial charge in [0.05, 0.1) is 19.8 Å². The fourth-order valence-electron chi connectivity index (χ4n) is 6.66. The number of benzene rings is 2. The second-order valence-electron chi connectivity index (χ2n) is 10.7. The van der Waals surface area contributed by atoms with E-state index in [1.807, 2.05) is 18.2 Å². The Morgan fingerprint density at radius 3 is 2.67 bits per heavy atom. The molecule has 0 radical (unpaired) electrons. The lowest BCUT2D eigenvalue weighted by Gasteiger charge is -2.50. The van der Waals surface area contributed by atoms with Crippen LogP contribution in [0.3, 0.4) is 0 Å². The third-order valence-electron chi connectivity index (χ3n) is 8.85. The van der Waals surface area contributed by atoms with Crippen LogP contribution in [0.4, 0.5) is 4.39 Å². The number of methoxy groups -OCH3 is 1. The van der Waals surface area contributed by atoms with Crippen LogP contribution in [0.5, 0.6) is 5.75 Å². The highest BCUT2D eigenvalue weighted by molar-refractivity contribution is 5.87.